The van der Waals surface area contributed by atoms with Gasteiger partial charge in [-0.05, 0) is 108 Å². The predicted octanol–water partition coefficient (Wildman–Crippen LogP) is 11.3. The van der Waals surface area contributed by atoms with E-state index in [-0.39, 0.29) is 0 Å². The minimum Gasteiger partial charge on any atom is -0.313 e. The molecule has 5 aromatic carbocycles. The van der Waals surface area contributed by atoms with Crippen molar-refractivity contribution in [1.29, 1.82) is 0 Å². The number of allylic oxidation sites excluding steroid dienone is 2. The molecule has 0 fully saturated rings. The van der Waals surface area contributed by atoms with Gasteiger partial charge >= 0.3 is 0 Å². The van der Waals surface area contributed by atoms with Crippen LogP contribution < -0.4 is 0 Å². The van der Waals surface area contributed by atoms with E-state index in [1.165, 1.54) is 44.0 Å². The summed E-state index contributed by atoms with van der Waals surface area (Å²) in [6.45, 7) is 0. The normalized spacial score (nSPS) is 13.8. The number of fused-ring (bicyclic) bond motifs is 6. The summed E-state index contributed by atoms with van der Waals surface area (Å²) in [5, 5.41) is 3.76. The molecule has 0 amide bonds. The molecule has 10 rings (SSSR count). The van der Waals surface area contributed by atoms with Crippen molar-refractivity contribution < 1.29 is 0 Å². The molecule has 0 bridgehead atoms. The van der Waals surface area contributed by atoms with Gasteiger partial charge in [0.2, 0.25) is 0 Å². The Hall–Kier alpha value is -6.81. The molecule has 52 heavy (non-hydrogen) atoms. The van der Waals surface area contributed by atoms with E-state index in [2.05, 4.69) is 153 Å². The summed E-state index contributed by atoms with van der Waals surface area (Å²) in [5.41, 5.74) is 16.9. The average molecular weight is 668 g/mol. The van der Waals surface area contributed by atoms with Crippen LogP contribution >= 0.6 is 0 Å². The third-order valence-corrected chi connectivity index (χ3v) is 10.2. The quantitative estimate of drug-likeness (QED) is 0.169. The molecule has 246 valence electrons. The van der Waals surface area contributed by atoms with Crippen LogP contribution in [0, 0.1) is 0 Å². The van der Waals surface area contributed by atoms with Gasteiger partial charge in [0.25, 0.3) is 0 Å². The topological polar surface area (TPSA) is 47.5 Å². The Kier molecular flexibility index (Phi) is 7.23. The maximum Gasteiger partial charge on any atom is 0.159 e. The van der Waals surface area contributed by atoms with Crippen LogP contribution in [0.15, 0.2) is 168 Å². The standard InChI is InChI=1S/C47H33N5/c1-10-22-49-47(50-23-11-1)36-27-33(32-20-24-48-25-21-32)26-34(28-36)35-29-37(51-43-16-6-2-12-39(43)40-13-3-7-17-44(40)51)31-38(30-35)52-45-18-8-4-14-41(45)42-15-5-9-19-46(42)52/h1-8,12-18,20-31H,9-10,19H2. The number of para-hydroxylation sites is 3. The maximum absolute atomic E-state index is 4.79. The number of aromatic nitrogens is 3. The van der Waals surface area contributed by atoms with Gasteiger partial charge in [0.15, 0.2) is 5.84 Å². The lowest BCUT2D eigenvalue weighted by Crippen LogP contribution is -2.05. The molecule has 0 radical (unpaired) electrons. The van der Waals surface area contributed by atoms with Crippen LogP contribution in [0.4, 0.5) is 0 Å². The summed E-state index contributed by atoms with van der Waals surface area (Å²) in [6.07, 6.45) is 16.5. The van der Waals surface area contributed by atoms with Crippen molar-refractivity contribution in [3.8, 4) is 33.6 Å². The Morgan fingerprint density at radius 2 is 1.19 bits per heavy atom. The van der Waals surface area contributed by atoms with Gasteiger partial charge in [0.1, 0.15) is 0 Å². The first-order chi connectivity index (χ1) is 25.8. The molecule has 3 aromatic heterocycles. The second-order valence-electron chi connectivity index (χ2n) is 13.3. The van der Waals surface area contributed by atoms with Crippen molar-refractivity contribution in [3.63, 3.8) is 0 Å². The minimum atomic E-state index is 0.661. The first kappa shape index (κ1) is 30.1. The zero-order valence-corrected chi connectivity index (χ0v) is 28.4. The van der Waals surface area contributed by atoms with Crippen molar-refractivity contribution in [2.45, 2.75) is 19.3 Å². The van der Waals surface area contributed by atoms with Crippen molar-refractivity contribution in [1.82, 2.24) is 14.1 Å². The molecular formula is C47H33N5. The lowest BCUT2D eigenvalue weighted by atomic mass is 9.95. The highest BCUT2D eigenvalue weighted by molar-refractivity contribution is 6.09. The number of pyridine rings is 1. The van der Waals surface area contributed by atoms with Crippen LogP contribution in [-0.4, -0.2) is 26.2 Å². The highest BCUT2D eigenvalue weighted by atomic mass is 15.0. The van der Waals surface area contributed by atoms with Crippen LogP contribution in [0.5, 0.6) is 0 Å². The molecule has 0 atom stereocenters. The van der Waals surface area contributed by atoms with Crippen LogP contribution in [-0.2, 0) is 6.42 Å². The SMILES string of the molecule is C1=CCC=NC(c2cc(-c3ccncc3)cc(-c3cc(-n4c5c(c6ccccc64)C=CCC5)cc(-n4c5ccccc5c5ccccc54)c3)c2)=NC=1. The first-order valence-electron chi connectivity index (χ1n) is 17.8. The molecule has 0 saturated carbocycles. The molecule has 0 spiro atoms. The molecule has 4 heterocycles. The molecule has 1 aliphatic carbocycles. The van der Waals surface area contributed by atoms with E-state index >= 15 is 0 Å². The number of benzene rings is 5. The Morgan fingerprint density at radius 1 is 0.577 bits per heavy atom. The fourth-order valence-electron chi connectivity index (χ4n) is 7.91. The second kappa shape index (κ2) is 12.5. The van der Waals surface area contributed by atoms with Crippen molar-refractivity contribution in [2.75, 3.05) is 0 Å². The van der Waals surface area contributed by atoms with E-state index in [9.17, 15) is 0 Å². The second-order valence-corrected chi connectivity index (χ2v) is 13.3. The molecule has 0 N–H and O–H groups in total. The van der Waals surface area contributed by atoms with Crippen molar-refractivity contribution >= 4 is 50.8 Å². The Bertz CT molecular complexity index is 2800. The van der Waals surface area contributed by atoms with Crippen molar-refractivity contribution in [2.24, 2.45) is 9.98 Å². The molecule has 2 aliphatic rings. The van der Waals surface area contributed by atoms with Gasteiger partial charge in [-0.2, -0.15) is 0 Å². The third-order valence-electron chi connectivity index (χ3n) is 10.2. The van der Waals surface area contributed by atoms with Crippen LogP contribution in [0.1, 0.15) is 29.7 Å². The highest BCUT2D eigenvalue weighted by Crippen LogP contribution is 2.39. The first-order valence-corrected chi connectivity index (χ1v) is 17.8. The molecule has 1 aliphatic heterocycles. The van der Waals surface area contributed by atoms with Gasteiger partial charge in [-0.1, -0.05) is 66.7 Å². The van der Waals surface area contributed by atoms with Crippen LogP contribution in [0.25, 0.3) is 72.4 Å². The zero-order valence-electron chi connectivity index (χ0n) is 28.4. The zero-order chi connectivity index (χ0) is 34.4. The van der Waals surface area contributed by atoms with E-state index in [1.807, 2.05) is 24.7 Å². The molecule has 8 aromatic rings. The summed E-state index contributed by atoms with van der Waals surface area (Å²) in [6, 6.07) is 44.1. The predicted molar refractivity (Wildman–Crippen MR) is 216 cm³/mol. The van der Waals surface area contributed by atoms with E-state index < -0.39 is 0 Å². The van der Waals surface area contributed by atoms with Gasteiger partial charge in [0.05, 0.1) is 22.8 Å². The Labute approximate surface area is 301 Å². The summed E-state index contributed by atoms with van der Waals surface area (Å²) in [5.74, 6) is 0.661. The maximum atomic E-state index is 4.79. The number of hydrogen-bond donors (Lipinski definition) is 0. The molecule has 5 heteroatoms. The van der Waals surface area contributed by atoms with Gasteiger partial charge in [0, 0.05) is 69.4 Å². The fraction of sp³-hybridized carbons (Fsp3) is 0.0638. The number of aliphatic imine (C=N–C) groups is 2. The third kappa shape index (κ3) is 5.07. The largest absolute Gasteiger partial charge is 0.313 e. The van der Waals surface area contributed by atoms with Gasteiger partial charge in [-0.15, -0.1) is 5.73 Å². The highest BCUT2D eigenvalue weighted by Gasteiger charge is 2.21. The Balaban J connectivity index is 1.29. The monoisotopic (exact) mass is 667 g/mol. The number of hydrogen-bond acceptors (Lipinski definition) is 3. The summed E-state index contributed by atoms with van der Waals surface area (Å²) >= 11 is 0. The summed E-state index contributed by atoms with van der Waals surface area (Å²) in [7, 11) is 0. The molecular weight excluding hydrogens is 635 g/mol. The molecule has 5 nitrogen and oxygen atoms in total. The van der Waals surface area contributed by atoms with Crippen molar-refractivity contribution in [3.05, 3.63) is 175 Å². The summed E-state index contributed by atoms with van der Waals surface area (Å²) < 4.78 is 4.91. The Morgan fingerprint density at radius 3 is 1.94 bits per heavy atom. The van der Waals surface area contributed by atoms with E-state index in [1.54, 1.807) is 6.20 Å². The van der Waals surface area contributed by atoms with E-state index in [4.69, 9.17) is 9.98 Å². The smallest absolute Gasteiger partial charge is 0.159 e. The lowest BCUT2D eigenvalue weighted by Gasteiger charge is -2.18. The van der Waals surface area contributed by atoms with Crippen LogP contribution in [0.2, 0.25) is 0 Å². The average Bonchev–Trinajstić information content (AvgIpc) is 3.71. The van der Waals surface area contributed by atoms with E-state index in [0.717, 1.165) is 52.0 Å². The number of amidine groups is 1. The minimum absolute atomic E-state index is 0.661. The van der Waals surface area contributed by atoms with E-state index in [0.29, 0.717) is 12.3 Å². The molecule has 0 unspecified atom stereocenters. The summed E-state index contributed by atoms with van der Waals surface area (Å²) in [4.78, 5) is 13.8. The van der Waals surface area contributed by atoms with Gasteiger partial charge in [-0.25, -0.2) is 9.98 Å². The molecule has 0 saturated heterocycles. The van der Waals surface area contributed by atoms with Gasteiger partial charge < -0.3 is 9.13 Å². The fourth-order valence-corrected chi connectivity index (χ4v) is 7.91. The number of rotatable bonds is 5. The van der Waals surface area contributed by atoms with Gasteiger partial charge in [-0.3, -0.25) is 4.98 Å². The van der Waals surface area contributed by atoms with Crippen LogP contribution in [0.3, 0.4) is 0 Å². The number of nitrogens with zero attached hydrogens (tertiary/aromatic N) is 5. The lowest BCUT2D eigenvalue weighted by molar-refractivity contribution is 0.888.